The summed E-state index contributed by atoms with van der Waals surface area (Å²) in [5.74, 6) is 1.78. The SMILES string of the molecule is COc1ccc2c(c1OC)CCC=C2O. The van der Waals surface area contributed by atoms with Gasteiger partial charge in [0.2, 0.25) is 0 Å². The number of ether oxygens (including phenoxy) is 2. The van der Waals surface area contributed by atoms with Crippen LogP contribution in [0.2, 0.25) is 0 Å². The number of hydrogen-bond donors (Lipinski definition) is 1. The van der Waals surface area contributed by atoms with E-state index in [0.717, 1.165) is 29.7 Å². The van der Waals surface area contributed by atoms with Gasteiger partial charge in [0.1, 0.15) is 5.76 Å². The van der Waals surface area contributed by atoms with Gasteiger partial charge < -0.3 is 14.6 Å². The summed E-state index contributed by atoms with van der Waals surface area (Å²) in [5, 5.41) is 9.71. The second-order valence-electron chi connectivity index (χ2n) is 3.46. The van der Waals surface area contributed by atoms with E-state index < -0.39 is 0 Å². The van der Waals surface area contributed by atoms with Crippen LogP contribution in [0.3, 0.4) is 0 Å². The highest BCUT2D eigenvalue weighted by molar-refractivity contribution is 5.69. The van der Waals surface area contributed by atoms with Gasteiger partial charge in [0, 0.05) is 11.1 Å². The fourth-order valence-corrected chi connectivity index (χ4v) is 1.94. The Hall–Kier alpha value is -1.64. The molecule has 0 atom stereocenters. The number of allylic oxidation sites excluding steroid dienone is 1. The average molecular weight is 206 g/mol. The highest BCUT2D eigenvalue weighted by atomic mass is 16.5. The highest BCUT2D eigenvalue weighted by Gasteiger charge is 2.19. The minimum atomic E-state index is 0.331. The van der Waals surface area contributed by atoms with Gasteiger partial charge in [-0.05, 0) is 31.1 Å². The molecule has 80 valence electrons. The van der Waals surface area contributed by atoms with Gasteiger partial charge in [0.25, 0.3) is 0 Å². The highest BCUT2D eigenvalue weighted by Crippen LogP contribution is 2.38. The molecular weight excluding hydrogens is 192 g/mol. The normalized spacial score (nSPS) is 14.1. The van der Waals surface area contributed by atoms with Crippen molar-refractivity contribution < 1.29 is 14.6 Å². The number of aliphatic hydroxyl groups is 1. The van der Waals surface area contributed by atoms with E-state index in [2.05, 4.69) is 0 Å². The average Bonchev–Trinajstić information content (AvgIpc) is 2.28. The predicted octanol–water partition coefficient (Wildman–Crippen LogP) is 2.55. The molecule has 15 heavy (non-hydrogen) atoms. The second-order valence-corrected chi connectivity index (χ2v) is 3.46. The standard InChI is InChI=1S/C12H14O3/c1-14-11-7-6-8-9(12(11)15-2)4-3-5-10(8)13/h5-7,13H,3-4H2,1-2H3. The molecule has 0 heterocycles. The molecule has 1 aromatic rings. The number of benzene rings is 1. The summed E-state index contributed by atoms with van der Waals surface area (Å²) in [6.45, 7) is 0. The first-order valence-electron chi connectivity index (χ1n) is 4.91. The maximum Gasteiger partial charge on any atom is 0.164 e. The fraction of sp³-hybridized carbons (Fsp3) is 0.333. The Balaban J connectivity index is 2.60. The quantitative estimate of drug-likeness (QED) is 0.808. The van der Waals surface area contributed by atoms with E-state index in [9.17, 15) is 5.11 Å². The van der Waals surface area contributed by atoms with E-state index in [1.54, 1.807) is 14.2 Å². The molecule has 1 aliphatic carbocycles. The summed E-state index contributed by atoms with van der Waals surface area (Å²) in [7, 11) is 3.23. The molecule has 0 fully saturated rings. The van der Waals surface area contributed by atoms with Crippen molar-refractivity contribution in [1.29, 1.82) is 0 Å². The van der Waals surface area contributed by atoms with Crippen LogP contribution in [-0.2, 0) is 6.42 Å². The molecule has 0 saturated heterocycles. The fourth-order valence-electron chi connectivity index (χ4n) is 1.94. The largest absolute Gasteiger partial charge is 0.508 e. The van der Waals surface area contributed by atoms with Crippen LogP contribution in [-0.4, -0.2) is 19.3 Å². The van der Waals surface area contributed by atoms with Crippen LogP contribution in [0.1, 0.15) is 17.5 Å². The minimum absolute atomic E-state index is 0.331. The first-order chi connectivity index (χ1) is 7.27. The number of methoxy groups -OCH3 is 2. The van der Waals surface area contributed by atoms with Crippen LogP contribution >= 0.6 is 0 Å². The van der Waals surface area contributed by atoms with Crippen LogP contribution in [0.25, 0.3) is 5.76 Å². The van der Waals surface area contributed by atoms with E-state index in [4.69, 9.17) is 9.47 Å². The van der Waals surface area contributed by atoms with Crippen molar-refractivity contribution in [1.82, 2.24) is 0 Å². The van der Waals surface area contributed by atoms with E-state index in [-0.39, 0.29) is 0 Å². The van der Waals surface area contributed by atoms with Gasteiger partial charge in [-0.15, -0.1) is 0 Å². The van der Waals surface area contributed by atoms with Crippen molar-refractivity contribution in [3.8, 4) is 11.5 Å². The van der Waals surface area contributed by atoms with Gasteiger partial charge >= 0.3 is 0 Å². The summed E-state index contributed by atoms with van der Waals surface area (Å²) in [6, 6.07) is 3.68. The smallest absolute Gasteiger partial charge is 0.164 e. The van der Waals surface area contributed by atoms with E-state index in [1.165, 1.54) is 0 Å². The summed E-state index contributed by atoms with van der Waals surface area (Å²) in [6.07, 6.45) is 3.54. The van der Waals surface area contributed by atoms with Gasteiger partial charge in [0.15, 0.2) is 11.5 Å². The summed E-state index contributed by atoms with van der Waals surface area (Å²) < 4.78 is 10.5. The van der Waals surface area contributed by atoms with Crippen molar-refractivity contribution in [2.24, 2.45) is 0 Å². The van der Waals surface area contributed by atoms with Crippen molar-refractivity contribution in [3.63, 3.8) is 0 Å². The molecule has 0 bridgehead atoms. The molecular formula is C12H14O3. The van der Waals surface area contributed by atoms with Gasteiger partial charge in [-0.2, -0.15) is 0 Å². The molecule has 0 saturated carbocycles. The molecule has 2 rings (SSSR count). The van der Waals surface area contributed by atoms with Crippen LogP contribution in [0, 0.1) is 0 Å². The maximum absolute atomic E-state index is 9.71. The zero-order chi connectivity index (χ0) is 10.8. The molecule has 0 unspecified atom stereocenters. The lowest BCUT2D eigenvalue weighted by atomic mass is 9.94. The van der Waals surface area contributed by atoms with Gasteiger partial charge in [-0.25, -0.2) is 0 Å². The lowest BCUT2D eigenvalue weighted by Crippen LogP contribution is -2.04. The van der Waals surface area contributed by atoms with E-state index in [0.29, 0.717) is 11.5 Å². The first kappa shape index (κ1) is 9.90. The van der Waals surface area contributed by atoms with E-state index in [1.807, 2.05) is 18.2 Å². The zero-order valence-electron chi connectivity index (χ0n) is 8.91. The Labute approximate surface area is 88.9 Å². The molecule has 0 radical (unpaired) electrons. The number of aliphatic hydroxyl groups excluding tert-OH is 1. The third-order valence-electron chi connectivity index (χ3n) is 2.66. The van der Waals surface area contributed by atoms with Crippen LogP contribution in [0.15, 0.2) is 18.2 Å². The summed E-state index contributed by atoms with van der Waals surface area (Å²) >= 11 is 0. The molecule has 1 aromatic carbocycles. The van der Waals surface area contributed by atoms with Gasteiger partial charge in [0.05, 0.1) is 14.2 Å². The number of rotatable bonds is 2. The molecule has 3 heteroatoms. The van der Waals surface area contributed by atoms with E-state index >= 15 is 0 Å². The molecule has 1 aliphatic rings. The Morgan fingerprint density at radius 3 is 2.67 bits per heavy atom. The van der Waals surface area contributed by atoms with Crippen LogP contribution in [0.5, 0.6) is 11.5 Å². The predicted molar refractivity (Wildman–Crippen MR) is 58.5 cm³/mol. The van der Waals surface area contributed by atoms with Gasteiger partial charge in [-0.1, -0.05) is 0 Å². The van der Waals surface area contributed by atoms with Crippen molar-refractivity contribution in [2.75, 3.05) is 14.2 Å². The van der Waals surface area contributed by atoms with Crippen LogP contribution < -0.4 is 9.47 Å². The molecule has 0 aliphatic heterocycles. The summed E-state index contributed by atoms with van der Waals surface area (Å²) in [4.78, 5) is 0. The summed E-state index contributed by atoms with van der Waals surface area (Å²) in [5.41, 5.74) is 1.87. The molecule has 3 nitrogen and oxygen atoms in total. The molecule has 0 spiro atoms. The third kappa shape index (κ3) is 1.54. The Bertz CT molecular complexity index is 408. The second kappa shape index (κ2) is 3.85. The van der Waals surface area contributed by atoms with Crippen molar-refractivity contribution in [3.05, 3.63) is 29.3 Å². The third-order valence-corrected chi connectivity index (χ3v) is 2.66. The topological polar surface area (TPSA) is 38.7 Å². The lowest BCUT2D eigenvalue weighted by Gasteiger charge is -2.18. The number of hydrogen-bond acceptors (Lipinski definition) is 3. The van der Waals surface area contributed by atoms with Crippen molar-refractivity contribution >= 4 is 5.76 Å². The Morgan fingerprint density at radius 1 is 1.20 bits per heavy atom. The molecule has 1 N–H and O–H groups in total. The van der Waals surface area contributed by atoms with Gasteiger partial charge in [-0.3, -0.25) is 0 Å². The Morgan fingerprint density at radius 2 is 2.00 bits per heavy atom. The maximum atomic E-state index is 9.71. The molecule has 0 aromatic heterocycles. The van der Waals surface area contributed by atoms with Crippen LogP contribution in [0.4, 0.5) is 0 Å². The lowest BCUT2D eigenvalue weighted by molar-refractivity contribution is 0.350. The minimum Gasteiger partial charge on any atom is -0.508 e. The number of fused-ring (bicyclic) bond motifs is 1. The van der Waals surface area contributed by atoms with Crippen molar-refractivity contribution in [2.45, 2.75) is 12.8 Å². The first-order valence-corrected chi connectivity index (χ1v) is 4.91. The Kier molecular flexibility index (Phi) is 2.54. The molecule has 0 amide bonds. The monoisotopic (exact) mass is 206 g/mol. The zero-order valence-corrected chi connectivity index (χ0v) is 8.91.